The van der Waals surface area contributed by atoms with Gasteiger partial charge in [0.1, 0.15) is 0 Å². The average Bonchev–Trinajstić information content (AvgIpc) is 2.81. The first-order chi connectivity index (χ1) is 9.63. The van der Waals surface area contributed by atoms with Crippen LogP contribution >= 0.6 is 0 Å². The zero-order valence-corrected chi connectivity index (χ0v) is 12.7. The Hall–Kier alpha value is -1.26. The van der Waals surface area contributed by atoms with Crippen LogP contribution in [0, 0.1) is 6.92 Å². The molecule has 0 radical (unpaired) electrons. The zero-order valence-electron chi connectivity index (χ0n) is 12.7. The van der Waals surface area contributed by atoms with Crippen molar-refractivity contribution in [3.63, 3.8) is 0 Å². The van der Waals surface area contributed by atoms with Gasteiger partial charge < -0.3 is 15.5 Å². The Bertz CT molecular complexity index is 478. The van der Waals surface area contributed by atoms with Gasteiger partial charge in [-0.3, -0.25) is 4.90 Å². The van der Waals surface area contributed by atoms with Gasteiger partial charge >= 0.3 is 0 Å². The van der Waals surface area contributed by atoms with E-state index in [0.29, 0.717) is 0 Å². The summed E-state index contributed by atoms with van der Waals surface area (Å²) < 4.78 is 0. The van der Waals surface area contributed by atoms with Crippen molar-refractivity contribution in [2.75, 3.05) is 63.5 Å². The van der Waals surface area contributed by atoms with E-state index in [9.17, 15) is 0 Å². The topological polar surface area (TPSA) is 35.7 Å². The largest absolute Gasteiger partial charge is 0.398 e. The highest BCUT2D eigenvalue weighted by molar-refractivity contribution is 5.67. The average molecular weight is 274 g/mol. The number of nitrogens with two attached hydrogens (primary N) is 1. The first-order valence-electron chi connectivity index (χ1n) is 7.68. The van der Waals surface area contributed by atoms with E-state index in [1.165, 1.54) is 56.0 Å². The Balaban J connectivity index is 1.59. The lowest BCUT2D eigenvalue weighted by Gasteiger charge is -2.33. The summed E-state index contributed by atoms with van der Waals surface area (Å²) in [4.78, 5) is 7.49. The van der Waals surface area contributed by atoms with Crippen LogP contribution in [0.1, 0.15) is 11.1 Å². The van der Waals surface area contributed by atoms with E-state index in [1.54, 1.807) is 0 Å². The lowest BCUT2D eigenvalue weighted by molar-refractivity contribution is 0.157. The summed E-state index contributed by atoms with van der Waals surface area (Å²) in [7, 11) is 2.21. The van der Waals surface area contributed by atoms with Crippen LogP contribution in [-0.2, 0) is 6.42 Å². The Labute approximate surface area is 122 Å². The lowest BCUT2D eigenvalue weighted by atomic mass is 10.1. The highest BCUT2D eigenvalue weighted by atomic mass is 15.3. The van der Waals surface area contributed by atoms with Crippen molar-refractivity contribution < 1.29 is 0 Å². The van der Waals surface area contributed by atoms with Gasteiger partial charge in [0.25, 0.3) is 0 Å². The number of hydrogen-bond donors (Lipinski definition) is 1. The molecule has 1 fully saturated rings. The number of likely N-dealkylation sites (N-methyl/N-ethyl adjacent to an activating group) is 1. The minimum Gasteiger partial charge on any atom is -0.398 e. The Morgan fingerprint density at radius 3 is 2.55 bits per heavy atom. The third-order valence-corrected chi connectivity index (χ3v) is 4.74. The molecule has 0 atom stereocenters. The van der Waals surface area contributed by atoms with Gasteiger partial charge in [0, 0.05) is 57.2 Å². The fourth-order valence-corrected chi connectivity index (χ4v) is 3.21. The molecular formula is C16H26N4. The number of piperazine rings is 1. The minimum atomic E-state index is 0.926. The Morgan fingerprint density at radius 1 is 1.05 bits per heavy atom. The number of anilines is 2. The maximum Gasteiger partial charge on any atom is 0.0420 e. The van der Waals surface area contributed by atoms with Gasteiger partial charge in [-0.25, -0.2) is 0 Å². The second-order valence-electron chi connectivity index (χ2n) is 6.22. The van der Waals surface area contributed by atoms with E-state index in [0.717, 1.165) is 18.8 Å². The third-order valence-electron chi connectivity index (χ3n) is 4.74. The molecule has 1 aromatic rings. The van der Waals surface area contributed by atoms with Crippen molar-refractivity contribution in [1.82, 2.24) is 9.80 Å². The number of hydrogen-bond acceptors (Lipinski definition) is 4. The second kappa shape index (κ2) is 5.62. The normalized spacial score (nSPS) is 20.4. The predicted octanol–water partition coefficient (Wildman–Crippen LogP) is 1.19. The van der Waals surface area contributed by atoms with Crippen LogP contribution in [0.25, 0.3) is 0 Å². The molecule has 2 aliphatic rings. The maximum absolute atomic E-state index is 6.07. The molecule has 0 aliphatic carbocycles. The van der Waals surface area contributed by atoms with Crippen LogP contribution in [0.5, 0.6) is 0 Å². The highest BCUT2D eigenvalue weighted by Crippen LogP contribution is 2.31. The molecule has 0 saturated carbocycles. The van der Waals surface area contributed by atoms with E-state index >= 15 is 0 Å². The van der Waals surface area contributed by atoms with E-state index < -0.39 is 0 Å². The van der Waals surface area contributed by atoms with Gasteiger partial charge in [-0.1, -0.05) is 6.07 Å². The van der Waals surface area contributed by atoms with Gasteiger partial charge in [-0.2, -0.15) is 0 Å². The summed E-state index contributed by atoms with van der Waals surface area (Å²) in [6.07, 6.45) is 1.17. The summed E-state index contributed by atoms with van der Waals surface area (Å²) in [5, 5.41) is 0. The molecule has 0 aromatic heterocycles. The van der Waals surface area contributed by atoms with E-state index in [2.05, 4.69) is 40.8 Å². The zero-order chi connectivity index (χ0) is 14.1. The Morgan fingerprint density at radius 2 is 1.80 bits per heavy atom. The molecule has 4 heteroatoms. The molecule has 3 rings (SSSR count). The van der Waals surface area contributed by atoms with Crippen molar-refractivity contribution in [3.8, 4) is 0 Å². The minimum absolute atomic E-state index is 0.926. The summed E-state index contributed by atoms with van der Waals surface area (Å²) in [6.45, 7) is 10.3. The highest BCUT2D eigenvalue weighted by Gasteiger charge is 2.21. The van der Waals surface area contributed by atoms with Crippen molar-refractivity contribution in [1.29, 1.82) is 0 Å². The van der Waals surface area contributed by atoms with Crippen molar-refractivity contribution in [3.05, 3.63) is 23.3 Å². The smallest absolute Gasteiger partial charge is 0.0420 e. The van der Waals surface area contributed by atoms with E-state index in [1.807, 2.05) is 0 Å². The van der Waals surface area contributed by atoms with Crippen LogP contribution in [-0.4, -0.2) is 62.7 Å². The predicted molar refractivity (Wildman–Crippen MR) is 85.4 cm³/mol. The van der Waals surface area contributed by atoms with Crippen LogP contribution in [0.4, 0.5) is 11.4 Å². The molecule has 20 heavy (non-hydrogen) atoms. The second-order valence-corrected chi connectivity index (χ2v) is 6.22. The summed E-state index contributed by atoms with van der Waals surface area (Å²) >= 11 is 0. The molecule has 4 nitrogen and oxygen atoms in total. The maximum atomic E-state index is 6.07. The van der Waals surface area contributed by atoms with Crippen LogP contribution < -0.4 is 10.6 Å². The molecule has 1 aromatic carbocycles. The number of aryl methyl sites for hydroxylation is 1. The van der Waals surface area contributed by atoms with Crippen LogP contribution in [0.3, 0.4) is 0 Å². The first-order valence-corrected chi connectivity index (χ1v) is 7.68. The van der Waals surface area contributed by atoms with Crippen molar-refractivity contribution in [2.24, 2.45) is 0 Å². The number of rotatable bonds is 3. The monoisotopic (exact) mass is 274 g/mol. The summed E-state index contributed by atoms with van der Waals surface area (Å²) in [6, 6.07) is 4.43. The van der Waals surface area contributed by atoms with Crippen molar-refractivity contribution >= 4 is 11.4 Å². The lowest BCUT2D eigenvalue weighted by Crippen LogP contribution is -2.46. The number of nitrogen functional groups attached to an aromatic ring is 1. The van der Waals surface area contributed by atoms with E-state index in [-0.39, 0.29) is 0 Å². The molecule has 0 unspecified atom stereocenters. The molecule has 0 amide bonds. The van der Waals surface area contributed by atoms with Crippen molar-refractivity contribution in [2.45, 2.75) is 13.3 Å². The molecule has 2 aliphatic heterocycles. The quantitative estimate of drug-likeness (QED) is 0.840. The fraction of sp³-hybridized carbons (Fsp3) is 0.625. The van der Waals surface area contributed by atoms with Gasteiger partial charge in [0.15, 0.2) is 0 Å². The Kier molecular flexibility index (Phi) is 3.85. The fourth-order valence-electron chi connectivity index (χ4n) is 3.21. The van der Waals surface area contributed by atoms with E-state index in [4.69, 9.17) is 5.73 Å². The molecule has 110 valence electrons. The molecule has 2 heterocycles. The number of fused-ring (bicyclic) bond motifs is 1. The van der Waals surface area contributed by atoms with Gasteiger partial charge in [0.05, 0.1) is 0 Å². The number of nitrogens with zero attached hydrogens (tertiary/aromatic N) is 3. The summed E-state index contributed by atoms with van der Waals surface area (Å²) in [5.41, 5.74) is 11.0. The standard InChI is InChI=1S/C16H26N4/c1-13-11-14-3-4-20(16(14)12-15(13)17)10-9-19-7-5-18(2)6-8-19/h11-12H,3-10,17H2,1-2H3. The van der Waals surface area contributed by atoms with Gasteiger partial charge in [-0.05, 0) is 37.6 Å². The molecule has 0 spiro atoms. The molecule has 2 N–H and O–H groups in total. The molecular weight excluding hydrogens is 248 g/mol. The SMILES string of the molecule is Cc1cc2c(cc1N)N(CCN1CCN(C)CC1)CC2. The molecule has 0 bridgehead atoms. The van der Waals surface area contributed by atoms with Gasteiger partial charge in [-0.15, -0.1) is 0 Å². The first kappa shape index (κ1) is 13.7. The molecule has 1 saturated heterocycles. The number of benzene rings is 1. The van der Waals surface area contributed by atoms with Crippen LogP contribution in [0.2, 0.25) is 0 Å². The van der Waals surface area contributed by atoms with Gasteiger partial charge in [0.2, 0.25) is 0 Å². The van der Waals surface area contributed by atoms with Crippen LogP contribution in [0.15, 0.2) is 12.1 Å². The third kappa shape index (κ3) is 2.76. The summed E-state index contributed by atoms with van der Waals surface area (Å²) in [5.74, 6) is 0.